The molecular weight excluding hydrogens is 1040 g/mol. The molecule has 6 atom stereocenters. The Morgan fingerprint density at radius 3 is 1.87 bits per heavy atom. The zero-order chi connectivity index (χ0) is 56.4. The maximum atomic E-state index is 14.7. The third-order valence-corrected chi connectivity index (χ3v) is 16.8. The topological polar surface area (TPSA) is 231 Å². The van der Waals surface area contributed by atoms with E-state index in [0.717, 1.165) is 58.8 Å². The highest BCUT2D eigenvalue weighted by molar-refractivity contribution is 7.85. The third kappa shape index (κ3) is 14.5. The lowest BCUT2D eigenvalue weighted by atomic mass is 9.86. The highest BCUT2D eigenvalue weighted by Crippen LogP contribution is 2.58. The van der Waals surface area contributed by atoms with Gasteiger partial charge in [-0.05, 0) is 127 Å². The Hall–Kier alpha value is -5.26. The van der Waals surface area contributed by atoms with Gasteiger partial charge in [0.2, 0.25) is 28.9 Å². The molecule has 7 rings (SSSR count). The van der Waals surface area contributed by atoms with Gasteiger partial charge >= 0.3 is 40.6 Å². The average Bonchev–Trinajstić information content (AvgIpc) is 3.83. The van der Waals surface area contributed by atoms with Crippen molar-refractivity contribution in [2.24, 2.45) is 35.0 Å². The molecule has 1 aromatic heterocycles. The van der Waals surface area contributed by atoms with Crippen molar-refractivity contribution in [2.45, 2.75) is 186 Å². The van der Waals surface area contributed by atoms with Gasteiger partial charge in [-0.2, -0.15) is 34.8 Å². The van der Waals surface area contributed by atoms with E-state index in [2.05, 4.69) is 9.72 Å². The minimum atomic E-state index is -4.85. The number of hydrogen-bond acceptors (Lipinski definition) is 14. The predicted molar refractivity (Wildman–Crippen MR) is 259 cm³/mol. The first kappa shape index (κ1) is 60.0. The van der Waals surface area contributed by atoms with Crippen LogP contribution in [0, 0.1) is 35.0 Å². The van der Waals surface area contributed by atoms with Gasteiger partial charge in [0.1, 0.15) is 11.9 Å². The number of benzene rings is 1. The van der Waals surface area contributed by atoms with Crippen molar-refractivity contribution in [3.63, 3.8) is 0 Å². The highest BCUT2D eigenvalue weighted by Gasteiger charge is 2.62. The normalized spacial score (nSPS) is 23.7. The number of ether oxygens (including phenoxy) is 4. The molecule has 4 saturated carbocycles. The number of rotatable bonds is 21. The first-order valence-corrected chi connectivity index (χ1v) is 27.2. The minimum Gasteiger partial charge on any atom is -0.497 e. The third-order valence-electron chi connectivity index (χ3n) is 15.7. The number of carbonyl (C=O) groups excluding carboxylic acids is 5. The van der Waals surface area contributed by atoms with E-state index in [9.17, 15) is 63.5 Å². The molecule has 2 amide bonds. The molecule has 2 N–H and O–H groups in total. The molecule has 0 unspecified atom stereocenters. The standard InChI is InChI=1S/C39H50F3N3O10S.C13H19F3O4/c1-6-25-20-38(25,35(49)44-56(50,51)55-37(4)14-15-37)21-31(46)30-18-27(53-33-28-12-11-26(52-5)17-24(28)13-16-43-33)22-45(30)34(48)29(23-9-7-8-10-23)19-32(47)54-36(2,3)39(40,41)42;1-12(2,13(14,15)16)20-10(17)7-9(11(18)19)8-5-3-4-6-8/h11-13,16-17,23,25,27,29-30H,6-10,14-15,18-22H2,1-5H3,(H,44,49);8-9H,3-7H2,1-2H3,(H,18,19)/t25-,27-,29+,30+,38-;9-/m10/s1. The number of halogens is 6. The van der Waals surface area contributed by atoms with Crippen molar-refractivity contribution < 1.29 is 91.8 Å². The minimum absolute atomic E-state index is 0.0179. The van der Waals surface area contributed by atoms with Crippen LogP contribution in [-0.4, -0.2) is 114 Å². The first-order chi connectivity index (χ1) is 35.2. The van der Waals surface area contributed by atoms with Crippen LogP contribution in [0.15, 0.2) is 30.5 Å². The van der Waals surface area contributed by atoms with Gasteiger partial charge < -0.3 is 29.0 Å². The monoisotopic (exact) mass is 1110 g/mol. The summed E-state index contributed by atoms with van der Waals surface area (Å²) in [5, 5.41) is 10.5. The van der Waals surface area contributed by atoms with E-state index < -0.39 is 117 Å². The van der Waals surface area contributed by atoms with Crippen LogP contribution in [-0.2, 0) is 52.7 Å². The number of amides is 2. The van der Waals surface area contributed by atoms with Crippen LogP contribution in [0.1, 0.15) is 144 Å². The van der Waals surface area contributed by atoms with Crippen LogP contribution < -0.4 is 14.2 Å². The lowest BCUT2D eigenvalue weighted by Gasteiger charge is -2.32. The number of pyridine rings is 1. The molecule has 5 fully saturated rings. The number of aromatic nitrogens is 1. The number of carbonyl (C=O) groups is 6. The number of alkyl halides is 6. The summed E-state index contributed by atoms with van der Waals surface area (Å²) in [5.41, 5.74) is -7.66. The number of aliphatic carboxylic acids is 1. The number of likely N-dealkylation sites (tertiary alicyclic amines) is 1. The van der Waals surface area contributed by atoms with E-state index in [-0.39, 0.29) is 49.4 Å². The van der Waals surface area contributed by atoms with Crippen molar-refractivity contribution in [1.29, 1.82) is 0 Å². The predicted octanol–water partition coefficient (Wildman–Crippen LogP) is 9.13. The quantitative estimate of drug-likeness (QED) is 0.0877. The van der Waals surface area contributed by atoms with E-state index in [1.54, 1.807) is 37.4 Å². The fraction of sp³-hybridized carbons (Fsp3) is 0.712. The van der Waals surface area contributed by atoms with Crippen molar-refractivity contribution in [3.05, 3.63) is 30.5 Å². The maximum absolute atomic E-state index is 14.7. The Bertz CT molecular complexity index is 2590. The Kier molecular flexibility index (Phi) is 18.1. The summed E-state index contributed by atoms with van der Waals surface area (Å²) in [7, 11) is -2.94. The van der Waals surface area contributed by atoms with E-state index >= 15 is 0 Å². The number of Topliss-reactive ketones (excluding diaryl/α,β-unsaturated/α-hetero) is 1. The smallest absolute Gasteiger partial charge is 0.427 e. The Morgan fingerprint density at radius 2 is 1.38 bits per heavy atom. The molecular formula is C52H69F6N3O14S. The van der Waals surface area contributed by atoms with Crippen molar-refractivity contribution in [1.82, 2.24) is 14.6 Å². The molecule has 17 nitrogen and oxygen atoms in total. The number of ketones is 1. The van der Waals surface area contributed by atoms with Gasteiger partial charge in [-0.1, -0.05) is 39.0 Å². The van der Waals surface area contributed by atoms with Crippen LogP contribution in [0.2, 0.25) is 0 Å². The fourth-order valence-electron chi connectivity index (χ4n) is 10.6. The second kappa shape index (κ2) is 23.0. The van der Waals surface area contributed by atoms with E-state index in [4.69, 9.17) is 23.5 Å². The van der Waals surface area contributed by atoms with Gasteiger partial charge in [-0.3, -0.25) is 28.8 Å². The summed E-state index contributed by atoms with van der Waals surface area (Å²) in [6.07, 6.45) is -2.80. The Labute approximate surface area is 438 Å². The summed E-state index contributed by atoms with van der Waals surface area (Å²) >= 11 is 0. The number of methoxy groups -OCH3 is 1. The molecule has 0 spiro atoms. The van der Waals surface area contributed by atoms with Crippen LogP contribution in [0.25, 0.3) is 10.8 Å². The molecule has 2 aromatic rings. The van der Waals surface area contributed by atoms with Gasteiger partial charge in [0.05, 0.1) is 55.4 Å². The largest absolute Gasteiger partial charge is 0.497 e. The number of carboxylic acid groups (broad SMARTS) is 1. The van der Waals surface area contributed by atoms with E-state index in [1.165, 1.54) is 12.0 Å². The second-order valence-electron chi connectivity index (χ2n) is 22.2. The molecule has 76 heavy (non-hydrogen) atoms. The number of fused-ring (bicyclic) bond motifs is 1. The Balaban J connectivity index is 0.000000394. The number of esters is 2. The van der Waals surface area contributed by atoms with Gasteiger partial charge in [0.15, 0.2) is 5.78 Å². The summed E-state index contributed by atoms with van der Waals surface area (Å²) in [5.74, 6) is -7.46. The zero-order valence-corrected chi connectivity index (χ0v) is 44.6. The number of carboxylic acids is 1. The van der Waals surface area contributed by atoms with E-state index in [0.29, 0.717) is 56.1 Å². The molecule has 5 aliphatic rings. The summed E-state index contributed by atoms with van der Waals surface area (Å²) < 4.78 is 133. The van der Waals surface area contributed by atoms with Gasteiger partial charge in [-0.15, -0.1) is 0 Å². The molecule has 24 heteroatoms. The summed E-state index contributed by atoms with van der Waals surface area (Å²) in [6, 6.07) is 5.91. The van der Waals surface area contributed by atoms with Gasteiger partial charge in [-0.25, -0.2) is 13.9 Å². The molecule has 2 heterocycles. The first-order valence-electron chi connectivity index (χ1n) is 25.7. The van der Waals surface area contributed by atoms with E-state index in [1.807, 2.05) is 11.6 Å². The van der Waals surface area contributed by atoms with Crippen molar-refractivity contribution in [2.75, 3.05) is 13.7 Å². The molecule has 0 bridgehead atoms. The van der Waals surface area contributed by atoms with Crippen molar-refractivity contribution >= 4 is 56.6 Å². The van der Waals surface area contributed by atoms with Gasteiger partial charge in [0.25, 0.3) is 0 Å². The average molecular weight is 1110 g/mol. The zero-order valence-electron chi connectivity index (χ0n) is 43.8. The Morgan fingerprint density at radius 1 is 0.842 bits per heavy atom. The van der Waals surface area contributed by atoms with Crippen LogP contribution in [0.5, 0.6) is 11.6 Å². The number of nitrogens with zero attached hydrogens (tertiary/aromatic N) is 2. The SMILES string of the molecule is CC(C)(OC(=O)C[C@H](C(=O)O)C1CCCC1)C(F)(F)F.CC[C@@H]1C[C@]1(CC(=O)[C@@H]1C[C@@H](Oc2nccc3cc(OC)ccc23)CN1C(=O)[C@@H](CC(=O)OC(C)(C)C(F)(F)F)C1CCCC1)C(=O)NS(=O)(=O)OC1(C)CC1. The number of hydrogen-bond donors (Lipinski definition) is 2. The fourth-order valence-corrected chi connectivity index (χ4v) is 11.8. The summed E-state index contributed by atoms with van der Waals surface area (Å²) in [6.45, 7) is 6.30. The molecule has 4 aliphatic carbocycles. The number of nitrogens with one attached hydrogen (secondary N) is 1. The van der Waals surface area contributed by atoms with Crippen molar-refractivity contribution in [3.8, 4) is 11.6 Å². The molecule has 1 aromatic carbocycles. The molecule has 1 aliphatic heterocycles. The molecule has 1 saturated heterocycles. The molecule has 0 radical (unpaired) electrons. The maximum Gasteiger partial charge on any atom is 0.427 e. The van der Waals surface area contributed by atoms with Gasteiger partial charge in [0, 0.05) is 24.4 Å². The lowest BCUT2D eigenvalue weighted by molar-refractivity contribution is -0.257. The van der Waals surface area contributed by atoms with Crippen LogP contribution in [0.4, 0.5) is 26.3 Å². The highest BCUT2D eigenvalue weighted by atomic mass is 32.2. The van der Waals surface area contributed by atoms with Crippen LogP contribution >= 0.6 is 0 Å². The van der Waals surface area contributed by atoms with Crippen LogP contribution in [0.3, 0.4) is 0 Å². The lowest BCUT2D eigenvalue weighted by Crippen LogP contribution is -2.48. The molecule has 424 valence electrons. The summed E-state index contributed by atoms with van der Waals surface area (Å²) in [4.78, 5) is 84.4. The second-order valence-corrected chi connectivity index (χ2v) is 23.5.